The molecule has 0 radical (unpaired) electrons. The van der Waals surface area contributed by atoms with Crippen LogP contribution >= 0.6 is 0 Å². The second-order valence-corrected chi connectivity index (χ2v) is 7.18. The number of carbonyl (C=O) groups is 1. The van der Waals surface area contributed by atoms with Crippen LogP contribution in [0.15, 0.2) is 23.1 Å². The van der Waals surface area contributed by atoms with E-state index in [1.807, 2.05) is 16.4 Å². The Balaban J connectivity index is 1.93. The molecule has 2 aromatic rings. The van der Waals surface area contributed by atoms with Crippen molar-refractivity contribution in [2.45, 2.75) is 31.8 Å². The number of hydrogen-bond donors (Lipinski definition) is 2. The number of aromatic nitrogens is 1. The normalized spacial score (nSPS) is 23.4. The zero-order valence-electron chi connectivity index (χ0n) is 13.9. The van der Waals surface area contributed by atoms with Crippen molar-refractivity contribution < 1.29 is 14.3 Å². The van der Waals surface area contributed by atoms with Crippen LogP contribution in [0.4, 0.5) is 10.1 Å². The number of fused-ring (bicyclic) bond motifs is 1. The van der Waals surface area contributed by atoms with Crippen LogP contribution in [-0.2, 0) is 0 Å². The van der Waals surface area contributed by atoms with Crippen LogP contribution in [0.1, 0.15) is 36.2 Å². The summed E-state index contributed by atoms with van der Waals surface area (Å²) in [6.07, 6.45) is 3.25. The molecule has 1 saturated carbocycles. The number of rotatable bonds is 3. The Kier molecular flexibility index (Phi) is 3.57. The maximum Gasteiger partial charge on any atom is 0.341 e. The first kappa shape index (κ1) is 16.1. The van der Waals surface area contributed by atoms with E-state index < -0.39 is 17.2 Å². The van der Waals surface area contributed by atoms with E-state index in [1.54, 1.807) is 6.07 Å². The van der Waals surface area contributed by atoms with Crippen molar-refractivity contribution in [1.29, 1.82) is 0 Å². The number of pyridine rings is 1. The smallest absolute Gasteiger partial charge is 0.341 e. The number of carboxylic acids is 1. The van der Waals surface area contributed by atoms with Gasteiger partial charge in [0.1, 0.15) is 11.4 Å². The first-order valence-corrected chi connectivity index (χ1v) is 8.49. The zero-order chi connectivity index (χ0) is 17.9. The standard InChI is InChI=1S/C18H20FN3O3/c1-9-6-21(8-14(9)20)16-5-15-11(4-13(16)19)17(23)12(18(24)25)7-22(15)10-2-3-10/h4-5,7,9-10,14H,2-3,6,8,20H2,1H3,(H,24,25). The van der Waals surface area contributed by atoms with Crippen LogP contribution < -0.4 is 16.1 Å². The van der Waals surface area contributed by atoms with Crippen molar-refractivity contribution in [3.63, 3.8) is 0 Å². The molecule has 2 unspecified atom stereocenters. The van der Waals surface area contributed by atoms with Crippen molar-refractivity contribution in [1.82, 2.24) is 4.57 Å². The highest BCUT2D eigenvalue weighted by atomic mass is 19.1. The molecule has 25 heavy (non-hydrogen) atoms. The van der Waals surface area contributed by atoms with Crippen LogP contribution in [0.25, 0.3) is 10.9 Å². The summed E-state index contributed by atoms with van der Waals surface area (Å²) in [6, 6.07) is 2.99. The van der Waals surface area contributed by atoms with E-state index in [4.69, 9.17) is 5.73 Å². The molecule has 1 aromatic carbocycles. The monoisotopic (exact) mass is 345 g/mol. The van der Waals surface area contributed by atoms with Crippen molar-refractivity contribution in [2.24, 2.45) is 11.7 Å². The summed E-state index contributed by atoms with van der Waals surface area (Å²) < 4.78 is 16.5. The summed E-state index contributed by atoms with van der Waals surface area (Å²) in [6.45, 7) is 3.25. The summed E-state index contributed by atoms with van der Waals surface area (Å²) in [5, 5.41) is 9.39. The highest BCUT2D eigenvalue weighted by molar-refractivity contribution is 5.93. The number of nitrogens with two attached hydrogens (primary N) is 1. The molecule has 4 rings (SSSR count). The molecule has 0 amide bonds. The molecule has 2 heterocycles. The predicted octanol–water partition coefficient (Wildman–Crippen LogP) is 1.96. The minimum atomic E-state index is -1.29. The fourth-order valence-electron chi connectivity index (χ4n) is 3.60. The summed E-state index contributed by atoms with van der Waals surface area (Å²) in [5.74, 6) is -1.55. The van der Waals surface area contributed by atoms with Crippen LogP contribution in [0.2, 0.25) is 0 Å². The molecule has 6 nitrogen and oxygen atoms in total. The molecule has 3 N–H and O–H groups in total. The van der Waals surface area contributed by atoms with Gasteiger partial charge in [0.15, 0.2) is 0 Å². The van der Waals surface area contributed by atoms with Crippen molar-refractivity contribution in [3.05, 3.63) is 39.9 Å². The lowest BCUT2D eigenvalue weighted by molar-refractivity contribution is 0.0695. The van der Waals surface area contributed by atoms with Crippen molar-refractivity contribution >= 4 is 22.6 Å². The van der Waals surface area contributed by atoms with E-state index in [9.17, 15) is 19.1 Å². The van der Waals surface area contributed by atoms with Gasteiger partial charge in [0, 0.05) is 36.8 Å². The molecule has 1 aromatic heterocycles. The van der Waals surface area contributed by atoms with E-state index in [2.05, 4.69) is 0 Å². The van der Waals surface area contributed by atoms with Gasteiger partial charge in [-0.05, 0) is 30.9 Å². The lowest BCUT2D eigenvalue weighted by Crippen LogP contribution is -2.29. The maximum atomic E-state index is 14.7. The van der Waals surface area contributed by atoms with Gasteiger partial charge >= 0.3 is 5.97 Å². The quantitative estimate of drug-likeness (QED) is 0.888. The minimum absolute atomic E-state index is 0.0184. The summed E-state index contributed by atoms with van der Waals surface area (Å²) in [4.78, 5) is 25.7. The summed E-state index contributed by atoms with van der Waals surface area (Å²) in [7, 11) is 0. The SMILES string of the molecule is CC1CN(c2cc3c(cc2F)c(=O)c(C(=O)O)cn3C2CC2)CC1N. The van der Waals surface area contributed by atoms with Gasteiger partial charge < -0.3 is 20.3 Å². The van der Waals surface area contributed by atoms with E-state index in [1.165, 1.54) is 12.3 Å². The second-order valence-electron chi connectivity index (χ2n) is 7.18. The first-order chi connectivity index (χ1) is 11.9. The third-order valence-corrected chi connectivity index (χ3v) is 5.28. The van der Waals surface area contributed by atoms with Gasteiger partial charge in [-0.15, -0.1) is 0 Å². The average Bonchev–Trinajstić information content (AvgIpc) is 3.33. The second kappa shape index (κ2) is 5.56. The summed E-state index contributed by atoms with van der Waals surface area (Å²) in [5.41, 5.74) is 6.10. The third kappa shape index (κ3) is 2.59. The lowest BCUT2D eigenvalue weighted by Gasteiger charge is -2.21. The minimum Gasteiger partial charge on any atom is -0.477 e. The van der Waals surface area contributed by atoms with Gasteiger partial charge in [0.2, 0.25) is 5.43 Å². The lowest BCUT2D eigenvalue weighted by atomic mass is 10.1. The van der Waals surface area contributed by atoms with Gasteiger partial charge in [0.25, 0.3) is 0 Å². The van der Waals surface area contributed by atoms with Crippen LogP contribution in [-0.4, -0.2) is 34.8 Å². The van der Waals surface area contributed by atoms with Crippen LogP contribution in [0.3, 0.4) is 0 Å². The topological polar surface area (TPSA) is 88.6 Å². The predicted molar refractivity (Wildman–Crippen MR) is 92.7 cm³/mol. The largest absolute Gasteiger partial charge is 0.477 e. The molecule has 0 bridgehead atoms. The van der Waals surface area contributed by atoms with Crippen molar-refractivity contribution in [2.75, 3.05) is 18.0 Å². The van der Waals surface area contributed by atoms with E-state index in [0.29, 0.717) is 24.3 Å². The van der Waals surface area contributed by atoms with E-state index in [-0.39, 0.29) is 29.0 Å². The number of nitrogens with zero attached hydrogens (tertiary/aromatic N) is 2. The molecule has 2 fully saturated rings. The van der Waals surface area contributed by atoms with Gasteiger partial charge in [-0.25, -0.2) is 9.18 Å². The Bertz CT molecular complexity index is 925. The Labute approximate surface area is 143 Å². The number of hydrogen-bond acceptors (Lipinski definition) is 4. The molecule has 132 valence electrons. The van der Waals surface area contributed by atoms with Crippen LogP contribution in [0.5, 0.6) is 0 Å². The molecule has 2 aliphatic rings. The molecular weight excluding hydrogens is 325 g/mol. The molecular formula is C18H20FN3O3. The fourth-order valence-corrected chi connectivity index (χ4v) is 3.60. The zero-order valence-corrected chi connectivity index (χ0v) is 13.9. The fraction of sp³-hybridized carbons (Fsp3) is 0.444. The molecule has 1 aliphatic carbocycles. The third-order valence-electron chi connectivity index (χ3n) is 5.28. The number of benzene rings is 1. The van der Waals surface area contributed by atoms with Crippen LogP contribution in [0, 0.1) is 11.7 Å². The molecule has 1 aliphatic heterocycles. The van der Waals surface area contributed by atoms with Gasteiger partial charge in [-0.2, -0.15) is 0 Å². The average molecular weight is 345 g/mol. The maximum absolute atomic E-state index is 14.7. The van der Waals surface area contributed by atoms with Gasteiger partial charge in [-0.3, -0.25) is 4.79 Å². The Morgan fingerprint density at radius 2 is 2.04 bits per heavy atom. The number of carboxylic acid groups (broad SMARTS) is 1. The molecule has 0 spiro atoms. The van der Waals surface area contributed by atoms with E-state index in [0.717, 1.165) is 12.8 Å². The molecule has 2 atom stereocenters. The van der Waals surface area contributed by atoms with E-state index >= 15 is 0 Å². The van der Waals surface area contributed by atoms with Gasteiger partial charge in [0.05, 0.1) is 11.2 Å². The Hall–Kier alpha value is -2.41. The molecule has 1 saturated heterocycles. The number of aromatic carboxylic acids is 1. The highest BCUT2D eigenvalue weighted by Gasteiger charge is 2.31. The van der Waals surface area contributed by atoms with Gasteiger partial charge in [-0.1, -0.05) is 6.92 Å². The number of anilines is 1. The Morgan fingerprint density at radius 1 is 1.32 bits per heavy atom. The van der Waals surface area contributed by atoms with Crippen molar-refractivity contribution in [3.8, 4) is 0 Å². The summed E-state index contributed by atoms with van der Waals surface area (Å²) >= 11 is 0. The number of halogens is 1. The molecule has 7 heteroatoms. The Morgan fingerprint density at radius 3 is 2.60 bits per heavy atom. The first-order valence-electron chi connectivity index (χ1n) is 8.49. The highest BCUT2D eigenvalue weighted by Crippen LogP contribution is 2.38.